The van der Waals surface area contributed by atoms with Gasteiger partial charge in [-0.3, -0.25) is 0 Å². The van der Waals surface area contributed by atoms with Gasteiger partial charge in [0.05, 0.1) is 6.61 Å². The fourth-order valence-electron chi connectivity index (χ4n) is 2.52. The van der Waals surface area contributed by atoms with Gasteiger partial charge in [0.25, 0.3) is 0 Å². The van der Waals surface area contributed by atoms with Crippen molar-refractivity contribution in [2.75, 3.05) is 26.2 Å². The van der Waals surface area contributed by atoms with Gasteiger partial charge < -0.3 is 15.0 Å². The van der Waals surface area contributed by atoms with Crippen molar-refractivity contribution in [2.24, 2.45) is 11.8 Å². The molecule has 1 saturated heterocycles. The van der Waals surface area contributed by atoms with Crippen molar-refractivity contribution in [3.8, 4) is 5.75 Å². The van der Waals surface area contributed by atoms with Crippen LogP contribution in [0.25, 0.3) is 0 Å². The molecule has 1 heterocycles. The lowest BCUT2D eigenvalue weighted by Crippen LogP contribution is -2.40. The predicted molar refractivity (Wildman–Crippen MR) is 84.5 cm³/mol. The molecule has 21 heavy (non-hydrogen) atoms. The van der Waals surface area contributed by atoms with Crippen LogP contribution < -0.4 is 10.1 Å². The third kappa shape index (κ3) is 5.29. The van der Waals surface area contributed by atoms with E-state index in [-0.39, 0.29) is 6.03 Å². The summed E-state index contributed by atoms with van der Waals surface area (Å²) >= 11 is 0. The van der Waals surface area contributed by atoms with E-state index >= 15 is 0 Å². The number of para-hydroxylation sites is 1. The number of carbonyl (C=O) groups excluding carboxylic acids is 1. The Morgan fingerprint density at radius 1 is 1.38 bits per heavy atom. The van der Waals surface area contributed by atoms with Gasteiger partial charge in [0.1, 0.15) is 5.75 Å². The van der Waals surface area contributed by atoms with E-state index in [0.29, 0.717) is 11.8 Å². The molecule has 1 aliphatic heterocycles. The number of nitrogens with zero attached hydrogens (tertiary/aromatic N) is 1. The zero-order valence-electron chi connectivity index (χ0n) is 13.0. The molecule has 1 aliphatic rings. The van der Waals surface area contributed by atoms with E-state index in [4.69, 9.17) is 4.74 Å². The summed E-state index contributed by atoms with van der Waals surface area (Å²) in [6.45, 7) is 7.39. The molecule has 1 atom stereocenters. The number of carbonyl (C=O) groups is 1. The number of hydrogen-bond acceptors (Lipinski definition) is 2. The zero-order chi connectivity index (χ0) is 15.1. The molecule has 4 nitrogen and oxygen atoms in total. The predicted octanol–water partition coefficient (Wildman–Crippen LogP) is 3.14. The van der Waals surface area contributed by atoms with Gasteiger partial charge in [-0.2, -0.15) is 0 Å². The number of rotatable bonds is 6. The highest BCUT2D eigenvalue weighted by atomic mass is 16.5. The second kappa shape index (κ2) is 7.91. The molecule has 2 amide bonds. The van der Waals surface area contributed by atoms with Gasteiger partial charge in [-0.25, -0.2) is 4.79 Å². The Morgan fingerprint density at radius 3 is 2.86 bits per heavy atom. The number of urea groups is 1. The Morgan fingerprint density at radius 2 is 2.14 bits per heavy atom. The third-order valence-corrected chi connectivity index (χ3v) is 3.77. The SMILES string of the molecule is CC(C)CNC(=O)N1CCC(CCOc2ccccc2)C1. The lowest BCUT2D eigenvalue weighted by molar-refractivity contribution is 0.204. The molecule has 0 aliphatic carbocycles. The second-order valence-electron chi connectivity index (χ2n) is 6.13. The molecule has 1 aromatic carbocycles. The smallest absolute Gasteiger partial charge is 0.317 e. The molecular weight excluding hydrogens is 264 g/mol. The molecule has 1 fully saturated rings. The monoisotopic (exact) mass is 290 g/mol. The van der Waals surface area contributed by atoms with Crippen LogP contribution in [0.3, 0.4) is 0 Å². The summed E-state index contributed by atoms with van der Waals surface area (Å²) in [6.07, 6.45) is 2.08. The Labute approximate surface area is 127 Å². The maximum Gasteiger partial charge on any atom is 0.317 e. The highest BCUT2D eigenvalue weighted by Crippen LogP contribution is 2.20. The minimum atomic E-state index is 0.0789. The molecule has 116 valence electrons. The van der Waals surface area contributed by atoms with Crippen molar-refractivity contribution in [3.05, 3.63) is 30.3 Å². The maximum absolute atomic E-state index is 12.0. The Kier molecular flexibility index (Phi) is 5.90. The van der Waals surface area contributed by atoms with Crippen LogP contribution in [0.2, 0.25) is 0 Å². The number of hydrogen-bond donors (Lipinski definition) is 1. The van der Waals surface area contributed by atoms with E-state index in [9.17, 15) is 4.79 Å². The molecule has 0 spiro atoms. The standard InChI is InChI=1S/C17H26N2O2/c1-14(2)12-18-17(20)19-10-8-15(13-19)9-11-21-16-6-4-3-5-7-16/h3-7,14-15H,8-13H2,1-2H3,(H,18,20). The topological polar surface area (TPSA) is 41.6 Å². The lowest BCUT2D eigenvalue weighted by Gasteiger charge is -2.18. The van der Waals surface area contributed by atoms with Crippen LogP contribution in [-0.2, 0) is 0 Å². The fourth-order valence-corrected chi connectivity index (χ4v) is 2.52. The molecule has 1 N–H and O–H groups in total. The minimum Gasteiger partial charge on any atom is -0.494 e. The minimum absolute atomic E-state index is 0.0789. The first-order valence-corrected chi connectivity index (χ1v) is 7.85. The van der Waals surface area contributed by atoms with Crippen molar-refractivity contribution in [2.45, 2.75) is 26.7 Å². The molecule has 0 saturated carbocycles. The molecular formula is C17H26N2O2. The fraction of sp³-hybridized carbons (Fsp3) is 0.588. The number of ether oxygens (including phenoxy) is 1. The summed E-state index contributed by atoms with van der Waals surface area (Å²) in [5.74, 6) is 1.96. The van der Waals surface area contributed by atoms with Gasteiger partial charge >= 0.3 is 6.03 Å². The zero-order valence-corrected chi connectivity index (χ0v) is 13.0. The molecule has 1 aromatic rings. The van der Waals surface area contributed by atoms with Gasteiger partial charge in [0.2, 0.25) is 0 Å². The second-order valence-corrected chi connectivity index (χ2v) is 6.13. The lowest BCUT2D eigenvalue weighted by atomic mass is 10.1. The van der Waals surface area contributed by atoms with Crippen molar-refractivity contribution in [1.29, 1.82) is 0 Å². The Hall–Kier alpha value is -1.71. The number of amides is 2. The van der Waals surface area contributed by atoms with Gasteiger partial charge in [0.15, 0.2) is 0 Å². The summed E-state index contributed by atoms with van der Waals surface area (Å²) in [7, 11) is 0. The first-order valence-electron chi connectivity index (χ1n) is 7.85. The van der Waals surface area contributed by atoms with Crippen molar-refractivity contribution in [3.63, 3.8) is 0 Å². The number of nitrogens with one attached hydrogen (secondary N) is 1. The highest BCUT2D eigenvalue weighted by Gasteiger charge is 2.25. The number of likely N-dealkylation sites (tertiary alicyclic amines) is 1. The van der Waals surface area contributed by atoms with E-state index in [1.165, 1.54) is 0 Å². The van der Waals surface area contributed by atoms with Crippen LogP contribution in [-0.4, -0.2) is 37.2 Å². The maximum atomic E-state index is 12.0. The first-order chi connectivity index (χ1) is 10.1. The average Bonchev–Trinajstić information content (AvgIpc) is 2.95. The summed E-state index contributed by atoms with van der Waals surface area (Å²) in [5.41, 5.74) is 0. The Balaban J connectivity index is 1.64. The summed E-state index contributed by atoms with van der Waals surface area (Å²) < 4.78 is 5.72. The number of benzene rings is 1. The van der Waals surface area contributed by atoms with Crippen LogP contribution in [0.15, 0.2) is 30.3 Å². The van der Waals surface area contributed by atoms with Gasteiger partial charge in [0, 0.05) is 19.6 Å². The Bertz CT molecular complexity index is 434. The molecule has 4 heteroatoms. The summed E-state index contributed by atoms with van der Waals surface area (Å²) in [5, 5.41) is 2.98. The first kappa shape index (κ1) is 15.7. The molecule has 0 bridgehead atoms. The highest BCUT2D eigenvalue weighted by molar-refractivity contribution is 5.74. The molecule has 2 rings (SSSR count). The van der Waals surface area contributed by atoms with E-state index < -0.39 is 0 Å². The van der Waals surface area contributed by atoms with Crippen molar-refractivity contribution < 1.29 is 9.53 Å². The molecule has 1 unspecified atom stereocenters. The van der Waals surface area contributed by atoms with Crippen molar-refractivity contribution in [1.82, 2.24) is 10.2 Å². The van der Waals surface area contributed by atoms with Crippen LogP contribution in [0.4, 0.5) is 4.79 Å². The van der Waals surface area contributed by atoms with Crippen LogP contribution in [0.1, 0.15) is 26.7 Å². The molecule has 0 aromatic heterocycles. The van der Waals surface area contributed by atoms with E-state index in [2.05, 4.69) is 19.2 Å². The van der Waals surface area contributed by atoms with Crippen LogP contribution in [0.5, 0.6) is 5.75 Å². The third-order valence-electron chi connectivity index (χ3n) is 3.77. The van der Waals surface area contributed by atoms with Crippen molar-refractivity contribution >= 4 is 6.03 Å². The van der Waals surface area contributed by atoms with E-state index in [0.717, 1.165) is 44.8 Å². The molecule has 0 radical (unpaired) electrons. The van der Waals surface area contributed by atoms with Gasteiger partial charge in [-0.15, -0.1) is 0 Å². The van der Waals surface area contributed by atoms with Crippen LogP contribution >= 0.6 is 0 Å². The largest absolute Gasteiger partial charge is 0.494 e. The summed E-state index contributed by atoms with van der Waals surface area (Å²) in [4.78, 5) is 13.9. The normalized spacial score (nSPS) is 18.0. The van der Waals surface area contributed by atoms with Crippen LogP contribution in [0, 0.1) is 11.8 Å². The van der Waals surface area contributed by atoms with E-state index in [1.807, 2.05) is 35.2 Å². The summed E-state index contributed by atoms with van der Waals surface area (Å²) in [6, 6.07) is 9.96. The quantitative estimate of drug-likeness (QED) is 0.874. The van der Waals surface area contributed by atoms with Gasteiger partial charge in [-0.05, 0) is 36.8 Å². The average molecular weight is 290 g/mol. The van der Waals surface area contributed by atoms with Gasteiger partial charge in [-0.1, -0.05) is 32.0 Å². The van der Waals surface area contributed by atoms with E-state index in [1.54, 1.807) is 0 Å².